The predicted octanol–water partition coefficient (Wildman–Crippen LogP) is 3.50. The van der Waals surface area contributed by atoms with Gasteiger partial charge in [0.1, 0.15) is 5.82 Å². The smallest absolute Gasteiger partial charge is 0.243 e. The second kappa shape index (κ2) is 8.06. The number of H-pyrrole nitrogens is 1. The first-order valence-electron chi connectivity index (χ1n) is 9.83. The highest BCUT2D eigenvalue weighted by Crippen LogP contribution is 2.36. The molecule has 2 atom stereocenters. The van der Waals surface area contributed by atoms with Crippen molar-refractivity contribution in [1.29, 1.82) is 0 Å². The largest absolute Gasteiger partial charge is 0.263 e. The van der Waals surface area contributed by atoms with E-state index in [1.54, 1.807) is 0 Å². The van der Waals surface area contributed by atoms with Gasteiger partial charge in [0, 0.05) is 30.8 Å². The number of aromatic amines is 1. The highest BCUT2D eigenvalue weighted by atomic mass is 32.2. The Labute approximate surface area is 167 Å². The van der Waals surface area contributed by atoms with Crippen LogP contribution in [-0.2, 0) is 10.0 Å². The molecular weight excluding hydrogens is 405 g/mol. The van der Waals surface area contributed by atoms with E-state index in [4.69, 9.17) is 0 Å². The van der Waals surface area contributed by atoms with Gasteiger partial charge in [-0.25, -0.2) is 22.2 Å². The molecule has 0 unspecified atom stereocenters. The number of nitrogens with one attached hydrogen (secondary N) is 1. The second-order valence-corrected chi connectivity index (χ2v) is 9.77. The van der Waals surface area contributed by atoms with Crippen molar-refractivity contribution in [3.8, 4) is 0 Å². The van der Waals surface area contributed by atoms with E-state index in [-0.39, 0.29) is 23.9 Å². The van der Waals surface area contributed by atoms with E-state index >= 15 is 0 Å². The number of nitrogens with zero attached hydrogens (tertiary/aromatic N) is 3. The lowest BCUT2D eigenvalue weighted by Crippen LogP contribution is -2.29. The number of sulfonamides is 1. The van der Waals surface area contributed by atoms with Crippen molar-refractivity contribution < 1.29 is 21.6 Å². The Morgan fingerprint density at radius 2 is 1.86 bits per heavy atom. The molecule has 2 aliphatic rings. The Morgan fingerprint density at radius 1 is 1.10 bits per heavy atom. The summed E-state index contributed by atoms with van der Waals surface area (Å²) in [6.07, 6.45) is 5.50. The van der Waals surface area contributed by atoms with Gasteiger partial charge in [-0.15, -0.1) is 0 Å². The van der Waals surface area contributed by atoms with Crippen LogP contribution >= 0.6 is 0 Å². The first-order valence-corrected chi connectivity index (χ1v) is 11.3. The number of benzene rings is 1. The van der Waals surface area contributed by atoms with Gasteiger partial charge in [-0.3, -0.25) is 9.49 Å². The van der Waals surface area contributed by atoms with E-state index in [0.29, 0.717) is 17.7 Å². The van der Waals surface area contributed by atoms with Crippen molar-refractivity contribution in [2.75, 3.05) is 19.8 Å². The third-order valence-corrected chi connectivity index (χ3v) is 7.80. The molecule has 1 aromatic heterocycles. The lowest BCUT2D eigenvalue weighted by atomic mass is 9.89. The van der Waals surface area contributed by atoms with Crippen LogP contribution in [0.15, 0.2) is 23.1 Å². The molecule has 2 aromatic rings. The number of rotatable bonds is 5. The molecule has 1 N–H and O–H groups in total. The summed E-state index contributed by atoms with van der Waals surface area (Å²) < 4.78 is 67.2. The molecule has 4 rings (SSSR count). The molecule has 158 valence electrons. The summed E-state index contributed by atoms with van der Waals surface area (Å²) in [4.78, 5) is 4.21. The van der Waals surface area contributed by atoms with Crippen molar-refractivity contribution in [3.63, 3.8) is 0 Å². The molecule has 1 saturated carbocycles. The fourth-order valence-electron chi connectivity index (χ4n) is 4.28. The standard InChI is InChI=1S/C19H23F3N4O2S/c20-9-13-10-26(29(27,28)14-6-7-16(21)17(22)8-14)11-15(13)19-23-18(24-25-19)12-4-2-1-3-5-12/h6-8,12-13,15H,1-5,9-11H2,(H,23,24,25)/t13-,15-/m1/s1. The molecule has 1 aromatic carbocycles. The SMILES string of the molecule is O=S(=O)(c1ccc(F)c(F)c1)N1C[C@@H](CF)[C@H](c2nc(C3CCCCC3)n[nH]2)C1. The fraction of sp³-hybridized carbons (Fsp3) is 0.579. The molecule has 0 amide bonds. The van der Waals surface area contributed by atoms with Gasteiger partial charge in [0.2, 0.25) is 10.0 Å². The Morgan fingerprint density at radius 3 is 2.55 bits per heavy atom. The van der Waals surface area contributed by atoms with E-state index in [2.05, 4.69) is 15.2 Å². The van der Waals surface area contributed by atoms with Gasteiger partial charge in [0.15, 0.2) is 17.5 Å². The lowest BCUT2D eigenvalue weighted by molar-refractivity contribution is 0.345. The lowest BCUT2D eigenvalue weighted by Gasteiger charge is -2.18. The normalized spacial score (nSPS) is 24.2. The van der Waals surface area contributed by atoms with Gasteiger partial charge >= 0.3 is 0 Å². The number of halogens is 3. The molecule has 2 fully saturated rings. The highest BCUT2D eigenvalue weighted by molar-refractivity contribution is 7.89. The summed E-state index contributed by atoms with van der Waals surface area (Å²) in [5.41, 5.74) is 0. The zero-order valence-electron chi connectivity index (χ0n) is 15.8. The van der Waals surface area contributed by atoms with E-state index in [1.807, 2.05) is 0 Å². The van der Waals surface area contributed by atoms with Crippen LogP contribution in [0.5, 0.6) is 0 Å². The maximum Gasteiger partial charge on any atom is 0.243 e. The Kier molecular flexibility index (Phi) is 5.65. The molecule has 0 radical (unpaired) electrons. The van der Waals surface area contributed by atoms with E-state index in [1.165, 1.54) is 6.42 Å². The Hall–Kier alpha value is -1.94. The van der Waals surface area contributed by atoms with Crippen LogP contribution in [0.2, 0.25) is 0 Å². The number of hydrogen-bond acceptors (Lipinski definition) is 4. The number of hydrogen-bond donors (Lipinski definition) is 1. The fourth-order valence-corrected chi connectivity index (χ4v) is 5.81. The first-order chi connectivity index (χ1) is 13.9. The van der Waals surface area contributed by atoms with Gasteiger partial charge in [-0.2, -0.15) is 9.40 Å². The highest BCUT2D eigenvalue weighted by Gasteiger charge is 2.42. The summed E-state index contributed by atoms with van der Waals surface area (Å²) in [7, 11) is -4.08. The van der Waals surface area contributed by atoms with Gasteiger partial charge in [-0.05, 0) is 31.0 Å². The summed E-state index contributed by atoms with van der Waals surface area (Å²) in [6, 6.07) is 2.44. The molecule has 1 aliphatic heterocycles. The Bertz CT molecular complexity index is 976. The molecular formula is C19H23F3N4O2S. The van der Waals surface area contributed by atoms with Crippen LogP contribution in [-0.4, -0.2) is 47.7 Å². The number of alkyl halides is 1. The van der Waals surface area contributed by atoms with Crippen LogP contribution < -0.4 is 0 Å². The summed E-state index contributed by atoms with van der Waals surface area (Å²) in [5.74, 6) is -1.94. The molecule has 0 bridgehead atoms. The third-order valence-electron chi connectivity index (χ3n) is 5.98. The maximum atomic E-state index is 13.7. The zero-order chi connectivity index (χ0) is 20.6. The van der Waals surface area contributed by atoms with Crippen LogP contribution in [0.3, 0.4) is 0 Å². The van der Waals surface area contributed by atoms with Crippen molar-refractivity contribution in [2.45, 2.75) is 48.8 Å². The molecule has 10 heteroatoms. The first kappa shape index (κ1) is 20.3. The number of aromatic nitrogens is 3. The summed E-state index contributed by atoms with van der Waals surface area (Å²) in [6.45, 7) is -0.759. The monoisotopic (exact) mass is 428 g/mol. The minimum absolute atomic E-state index is 0.00914. The Balaban J connectivity index is 1.56. The minimum Gasteiger partial charge on any atom is -0.263 e. The maximum absolute atomic E-state index is 13.7. The molecule has 29 heavy (non-hydrogen) atoms. The van der Waals surface area contributed by atoms with E-state index < -0.39 is 40.2 Å². The van der Waals surface area contributed by atoms with Gasteiger partial charge < -0.3 is 0 Å². The minimum atomic E-state index is -4.08. The molecule has 0 spiro atoms. The van der Waals surface area contributed by atoms with E-state index in [9.17, 15) is 21.6 Å². The molecule has 2 heterocycles. The topological polar surface area (TPSA) is 79.0 Å². The van der Waals surface area contributed by atoms with Gasteiger partial charge in [-0.1, -0.05) is 19.3 Å². The van der Waals surface area contributed by atoms with Gasteiger partial charge in [0.05, 0.1) is 11.6 Å². The van der Waals surface area contributed by atoms with Crippen molar-refractivity contribution >= 4 is 10.0 Å². The van der Waals surface area contributed by atoms with Crippen LogP contribution in [0.1, 0.15) is 55.6 Å². The average Bonchev–Trinajstić information content (AvgIpc) is 3.37. The van der Waals surface area contributed by atoms with Crippen molar-refractivity contribution in [1.82, 2.24) is 19.5 Å². The average molecular weight is 428 g/mol. The van der Waals surface area contributed by atoms with Crippen LogP contribution in [0.4, 0.5) is 13.2 Å². The quantitative estimate of drug-likeness (QED) is 0.791. The van der Waals surface area contributed by atoms with Crippen molar-refractivity contribution in [3.05, 3.63) is 41.5 Å². The van der Waals surface area contributed by atoms with E-state index in [0.717, 1.165) is 42.1 Å². The molecule has 6 nitrogen and oxygen atoms in total. The zero-order valence-corrected chi connectivity index (χ0v) is 16.6. The third kappa shape index (κ3) is 3.92. The van der Waals surface area contributed by atoms with Gasteiger partial charge in [0.25, 0.3) is 0 Å². The predicted molar refractivity (Wildman–Crippen MR) is 99.5 cm³/mol. The van der Waals surface area contributed by atoms with Crippen molar-refractivity contribution in [2.24, 2.45) is 5.92 Å². The summed E-state index contributed by atoms with van der Waals surface area (Å²) in [5, 5.41) is 7.18. The molecule has 1 saturated heterocycles. The van der Waals surface area contributed by atoms with Crippen LogP contribution in [0.25, 0.3) is 0 Å². The summed E-state index contributed by atoms with van der Waals surface area (Å²) >= 11 is 0. The molecule has 1 aliphatic carbocycles. The second-order valence-electron chi connectivity index (χ2n) is 7.83. The van der Waals surface area contributed by atoms with Crippen LogP contribution in [0, 0.1) is 17.6 Å².